The maximum absolute atomic E-state index is 11.9. The molecule has 0 amide bonds. The van der Waals surface area contributed by atoms with E-state index in [1.165, 1.54) is 0 Å². The van der Waals surface area contributed by atoms with E-state index in [1.54, 1.807) is 47.1 Å². The third kappa shape index (κ3) is 2.81. The van der Waals surface area contributed by atoms with E-state index in [1.807, 2.05) is 18.2 Å². The number of benzene rings is 1. The predicted octanol–water partition coefficient (Wildman–Crippen LogP) is 2.37. The van der Waals surface area contributed by atoms with Crippen LogP contribution in [0.25, 0.3) is 5.65 Å². The predicted molar refractivity (Wildman–Crippen MR) is 76.2 cm³/mol. The van der Waals surface area contributed by atoms with Crippen molar-refractivity contribution < 1.29 is 14.3 Å². The molecule has 3 rings (SSSR count). The fraction of sp³-hybridized carbons (Fsp3) is 0.0625. The van der Waals surface area contributed by atoms with Gasteiger partial charge in [-0.05, 0) is 12.1 Å². The summed E-state index contributed by atoms with van der Waals surface area (Å²) in [6, 6.07) is 14.2. The quantitative estimate of drug-likeness (QED) is 0.544. The summed E-state index contributed by atoms with van der Waals surface area (Å²) in [6.07, 6.45) is 3.36. The number of carbonyl (C=O) groups excluding carboxylic acids is 2. The molecule has 104 valence electrons. The smallest absolute Gasteiger partial charge is 0.359 e. The molecule has 0 radical (unpaired) electrons. The van der Waals surface area contributed by atoms with Crippen LogP contribution in [0.3, 0.4) is 0 Å². The van der Waals surface area contributed by atoms with E-state index in [-0.39, 0.29) is 18.1 Å². The Morgan fingerprint density at radius 3 is 2.57 bits per heavy atom. The van der Waals surface area contributed by atoms with Gasteiger partial charge in [-0.15, -0.1) is 0 Å². The Labute approximate surface area is 120 Å². The standard InChI is InChI=1S/C16H12N2O3/c19-14(12-6-2-1-3-7-12)11-21-16(20)13-10-18-9-5-4-8-15(18)17-13/h1-10H,11H2. The summed E-state index contributed by atoms with van der Waals surface area (Å²) in [5.74, 6) is -0.851. The minimum Gasteiger partial charge on any atom is -0.453 e. The number of ketones is 1. The van der Waals surface area contributed by atoms with Crippen molar-refractivity contribution in [2.45, 2.75) is 0 Å². The third-order valence-corrected chi connectivity index (χ3v) is 3.00. The van der Waals surface area contributed by atoms with Gasteiger partial charge in [0.1, 0.15) is 5.65 Å². The van der Waals surface area contributed by atoms with Crippen molar-refractivity contribution in [3.05, 3.63) is 72.2 Å². The van der Waals surface area contributed by atoms with Crippen molar-refractivity contribution in [1.29, 1.82) is 0 Å². The molecule has 0 fully saturated rings. The first kappa shape index (κ1) is 13.1. The van der Waals surface area contributed by atoms with Crippen LogP contribution in [-0.4, -0.2) is 27.7 Å². The van der Waals surface area contributed by atoms with Gasteiger partial charge in [-0.1, -0.05) is 36.4 Å². The zero-order chi connectivity index (χ0) is 14.7. The van der Waals surface area contributed by atoms with Crippen LogP contribution in [0.2, 0.25) is 0 Å². The van der Waals surface area contributed by atoms with Gasteiger partial charge in [0.25, 0.3) is 0 Å². The molecule has 0 aliphatic rings. The molecule has 5 nitrogen and oxygen atoms in total. The molecule has 2 aromatic heterocycles. The summed E-state index contributed by atoms with van der Waals surface area (Å²) in [5.41, 5.74) is 1.35. The number of hydrogen-bond acceptors (Lipinski definition) is 4. The molecule has 0 N–H and O–H groups in total. The number of nitrogens with zero attached hydrogens (tertiary/aromatic N) is 2. The molecule has 0 atom stereocenters. The number of aromatic nitrogens is 2. The van der Waals surface area contributed by atoms with Crippen LogP contribution in [0.15, 0.2) is 60.9 Å². The molecular weight excluding hydrogens is 268 g/mol. The molecule has 0 unspecified atom stereocenters. The zero-order valence-corrected chi connectivity index (χ0v) is 11.1. The summed E-state index contributed by atoms with van der Waals surface area (Å²) < 4.78 is 6.73. The van der Waals surface area contributed by atoms with Crippen molar-refractivity contribution in [3.63, 3.8) is 0 Å². The first-order chi connectivity index (χ1) is 10.2. The average Bonchev–Trinajstić information content (AvgIpc) is 2.97. The normalized spacial score (nSPS) is 10.5. The average molecular weight is 280 g/mol. The van der Waals surface area contributed by atoms with Crippen LogP contribution in [0.1, 0.15) is 20.8 Å². The number of esters is 1. The Morgan fingerprint density at radius 2 is 1.81 bits per heavy atom. The number of carbonyl (C=O) groups is 2. The monoisotopic (exact) mass is 280 g/mol. The second-order valence-electron chi connectivity index (χ2n) is 4.46. The number of Topliss-reactive ketones (excluding diaryl/α,β-unsaturated/α-hetero) is 1. The lowest BCUT2D eigenvalue weighted by Gasteiger charge is -2.02. The van der Waals surface area contributed by atoms with Gasteiger partial charge < -0.3 is 9.14 Å². The first-order valence-corrected chi connectivity index (χ1v) is 6.43. The summed E-state index contributed by atoms with van der Waals surface area (Å²) in [4.78, 5) is 27.9. The highest BCUT2D eigenvalue weighted by molar-refractivity contribution is 5.99. The minimum atomic E-state index is -0.608. The Kier molecular flexibility index (Phi) is 3.47. The molecule has 0 bridgehead atoms. The molecule has 0 saturated heterocycles. The molecule has 3 aromatic rings. The maximum atomic E-state index is 11.9. The lowest BCUT2D eigenvalue weighted by molar-refractivity contribution is 0.0469. The van der Waals surface area contributed by atoms with Crippen LogP contribution < -0.4 is 0 Å². The number of fused-ring (bicyclic) bond motifs is 1. The largest absolute Gasteiger partial charge is 0.453 e. The summed E-state index contributed by atoms with van der Waals surface area (Å²) in [5, 5.41) is 0. The van der Waals surface area contributed by atoms with E-state index < -0.39 is 5.97 Å². The topological polar surface area (TPSA) is 60.7 Å². The first-order valence-electron chi connectivity index (χ1n) is 6.43. The number of ether oxygens (including phenoxy) is 1. The van der Waals surface area contributed by atoms with E-state index in [0.717, 1.165) is 0 Å². The summed E-state index contributed by atoms with van der Waals surface area (Å²) in [7, 11) is 0. The van der Waals surface area contributed by atoms with Gasteiger partial charge >= 0.3 is 5.97 Å². The summed E-state index contributed by atoms with van der Waals surface area (Å²) >= 11 is 0. The maximum Gasteiger partial charge on any atom is 0.359 e. The second kappa shape index (κ2) is 5.58. The Morgan fingerprint density at radius 1 is 1.05 bits per heavy atom. The highest BCUT2D eigenvalue weighted by Crippen LogP contribution is 2.07. The fourth-order valence-electron chi connectivity index (χ4n) is 1.95. The molecule has 1 aromatic carbocycles. The van der Waals surface area contributed by atoms with Crippen molar-refractivity contribution in [1.82, 2.24) is 9.38 Å². The lowest BCUT2D eigenvalue weighted by atomic mass is 10.1. The molecule has 5 heteroatoms. The molecule has 0 saturated carbocycles. The number of imidazole rings is 1. The van der Waals surface area contributed by atoms with E-state index in [0.29, 0.717) is 11.2 Å². The van der Waals surface area contributed by atoms with Crippen molar-refractivity contribution in [2.75, 3.05) is 6.61 Å². The van der Waals surface area contributed by atoms with Gasteiger partial charge in [-0.2, -0.15) is 0 Å². The minimum absolute atomic E-state index is 0.182. The van der Waals surface area contributed by atoms with Crippen molar-refractivity contribution in [3.8, 4) is 0 Å². The molecule has 0 aliphatic carbocycles. The number of hydrogen-bond donors (Lipinski definition) is 0. The van der Waals surface area contributed by atoms with Crippen molar-refractivity contribution >= 4 is 17.4 Å². The molecular formula is C16H12N2O3. The van der Waals surface area contributed by atoms with E-state index in [9.17, 15) is 9.59 Å². The second-order valence-corrected chi connectivity index (χ2v) is 4.46. The Bertz CT molecular complexity index is 760. The Hall–Kier alpha value is -2.95. The summed E-state index contributed by atoms with van der Waals surface area (Å²) in [6.45, 7) is -0.295. The Balaban J connectivity index is 1.68. The molecule has 0 spiro atoms. The lowest BCUT2D eigenvalue weighted by Crippen LogP contribution is -2.14. The van der Waals surface area contributed by atoms with Crippen LogP contribution in [0, 0.1) is 0 Å². The van der Waals surface area contributed by atoms with Gasteiger partial charge in [-0.3, -0.25) is 4.79 Å². The van der Waals surface area contributed by atoms with Gasteiger partial charge in [0.2, 0.25) is 0 Å². The van der Waals surface area contributed by atoms with Crippen LogP contribution >= 0.6 is 0 Å². The fourth-order valence-corrected chi connectivity index (χ4v) is 1.95. The van der Waals surface area contributed by atoms with Gasteiger partial charge in [0, 0.05) is 18.0 Å². The highest BCUT2D eigenvalue weighted by Gasteiger charge is 2.14. The van der Waals surface area contributed by atoms with Gasteiger partial charge in [-0.25, -0.2) is 9.78 Å². The number of rotatable bonds is 4. The van der Waals surface area contributed by atoms with E-state index in [2.05, 4.69) is 4.98 Å². The van der Waals surface area contributed by atoms with Gasteiger partial charge in [0.15, 0.2) is 18.1 Å². The van der Waals surface area contributed by atoms with Crippen LogP contribution in [-0.2, 0) is 4.74 Å². The van der Waals surface area contributed by atoms with Gasteiger partial charge in [0.05, 0.1) is 0 Å². The van der Waals surface area contributed by atoms with E-state index >= 15 is 0 Å². The van der Waals surface area contributed by atoms with Crippen LogP contribution in [0.4, 0.5) is 0 Å². The molecule has 0 aliphatic heterocycles. The van der Waals surface area contributed by atoms with Crippen molar-refractivity contribution in [2.24, 2.45) is 0 Å². The van der Waals surface area contributed by atoms with Crippen LogP contribution in [0.5, 0.6) is 0 Å². The van der Waals surface area contributed by atoms with E-state index in [4.69, 9.17) is 4.74 Å². The third-order valence-electron chi connectivity index (χ3n) is 3.00. The zero-order valence-electron chi connectivity index (χ0n) is 11.1. The molecule has 21 heavy (non-hydrogen) atoms. The number of pyridine rings is 1. The molecule has 2 heterocycles. The highest BCUT2D eigenvalue weighted by atomic mass is 16.5. The SMILES string of the molecule is O=C(COC(=O)c1cn2ccccc2n1)c1ccccc1.